The van der Waals surface area contributed by atoms with Gasteiger partial charge in [0, 0.05) is 32.1 Å². The molecule has 1 aliphatic carbocycles. The molecule has 5 nitrogen and oxygen atoms in total. The molecule has 1 amide bonds. The molecule has 1 aliphatic heterocycles. The summed E-state index contributed by atoms with van der Waals surface area (Å²) in [5, 5.41) is 16.7. The van der Waals surface area contributed by atoms with Crippen LogP contribution in [0.5, 0.6) is 0 Å². The Hall–Kier alpha value is -0.650. The molecular formula is C17H33N3O2. The Morgan fingerprint density at radius 2 is 1.73 bits per heavy atom. The van der Waals surface area contributed by atoms with Crippen LogP contribution in [-0.4, -0.2) is 60.3 Å². The molecule has 1 saturated heterocycles. The molecule has 128 valence electrons. The number of likely N-dealkylation sites (tertiary alicyclic amines) is 1. The van der Waals surface area contributed by atoms with Crippen LogP contribution in [0.25, 0.3) is 0 Å². The van der Waals surface area contributed by atoms with Gasteiger partial charge in [0.25, 0.3) is 0 Å². The van der Waals surface area contributed by atoms with Gasteiger partial charge in [-0.05, 0) is 57.5 Å². The van der Waals surface area contributed by atoms with Crippen molar-refractivity contribution in [2.75, 3.05) is 26.2 Å². The molecule has 2 fully saturated rings. The Morgan fingerprint density at radius 1 is 1.14 bits per heavy atom. The maximum Gasteiger partial charge on any atom is 0.217 e. The third-order valence-corrected chi connectivity index (χ3v) is 5.12. The number of hydrogen-bond donors (Lipinski definition) is 3. The summed E-state index contributed by atoms with van der Waals surface area (Å²) in [4.78, 5) is 13.4. The molecule has 0 aromatic heterocycles. The SMILES string of the molecule is CC(=O)NC1CCC(NCC(O)CN2CCC(C)CC2)CC1. The molecule has 1 atom stereocenters. The van der Waals surface area contributed by atoms with E-state index in [0.717, 1.165) is 51.2 Å². The minimum absolute atomic E-state index is 0.0719. The number of amides is 1. The van der Waals surface area contributed by atoms with Gasteiger partial charge in [-0.15, -0.1) is 0 Å². The summed E-state index contributed by atoms with van der Waals surface area (Å²) in [7, 11) is 0. The van der Waals surface area contributed by atoms with E-state index < -0.39 is 0 Å². The van der Waals surface area contributed by atoms with E-state index in [1.165, 1.54) is 12.8 Å². The van der Waals surface area contributed by atoms with Crippen LogP contribution in [0, 0.1) is 5.92 Å². The molecule has 3 N–H and O–H groups in total. The van der Waals surface area contributed by atoms with Crippen molar-refractivity contribution in [1.82, 2.24) is 15.5 Å². The largest absolute Gasteiger partial charge is 0.390 e. The molecule has 0 spiro atoms. The zero-order chi connectivity index (χ0) is 15.9. The standard InChI is InChI=1S/C17H33N3O2/c1-13-7-9-20(10-8-13)12-17(22)11-18-15-3-5-16(6-4-15)19-14(2)21/h13,15-18,22H,3-12H2,1-2H3,(H,19,21). The van der Waals surface area contributed by atoms with Crippen molar-refractivity contribution in [2.24, 2.45) is 5.92 Å². The highest BCUT2D eigenvalue weighted by Gasteiger charge is 2.23. The highest BCUT2D eigenvalue weighted by Crippen LogP contribution is 2.19. The van der Waals surface area contributed by atoms with E-state index in [9.17, 15) is 9.90 Å². The number of nitrogens with zero attached hydrogens (tertiary/aromatic N) is 1. The summed E-state index contributed by atoms with van der Waals surface area (Å²) in [6.45, 7) is 7.62. The van der Waals surface area contributed by atoms with Crippen LogP contribution in [0.4, 0.5) is 0 Å². The molecule has 0 aromatic rings. The lowest BCUT2D eigenvalue weighted by atomic mass is 9.91. The van der Waals surface area contributed by atoms with E-state index in [1.807, 2.05) is 0 Å². The monoisotopic (exact) mass is 311 g/mol. The highest BCUT2D eigenvalue weighted by molar-refractivity contribution is 5.73. The first-order valence-electron chi connectivity index (χ1n) is 8.94. The van der Waals surface area contributed by atoms with Gasteiger partial charge in [-0.3, -0.25) is 4.79 Å². The van der Waals surface area contributed by atoms with E-state index in [1.54, 1.807) is 6.92 Å². The number of carbonyl (C=O) groups excluding carboxylic acids is 1. The van der Waals surface area contributed by atoms with E-state index in [-0.39, 0.29) is 12.0 Å². The Labute approximate surface area is 134 Å². The molecule has 1 unspecified atom stereocenters. The average Bonchev–Trinajstić information content (AvgIpc) is 2.48. The number of carbonyl (C=O) groups is 1. The highest BCUT2D eigenvalue weighted by atomic mass is 16.3. The maximum atomic E-state index is 11.1. The fourth-order valence-electron chi connectivity index (χ4n) is 3.64. The van der Waals surface area contributed by atoms with Crippen molar-refractivity contribution >= 4 is 5.91 Å². The summed E-state index contributed by atoms with van der Waals surface area (Å²) in [6.07, 6.45) is 6.48. The van der Waals surface area contributed by atoms with Gasteiger partial charge in [-0.2, -0.15) is 0 Å². The lowest BCUT2D eigenvalue weighted by molar-refractivity contribution is -0.119. The van der Waals surface area contributed by atoms with Crippen LogP contribution in [0.15, 0.2) is 0 Å². The minimum Gasteiger partial charge on any atom is -0.390 e. The number of β-amino-alcohol motifs (C(OH)–C–C–N with tert-alkyl or cyclic N) is 1. The second-order valence-corrected chi connectivity index (χ2v) is 7.29. The molecule has 1 saturated carbocycles. The number of aliphatic hydroxyl groups is 1. The molecule has 5 heteroatoms. The predicted molar refractivity (Wildman–Crippen MR) is 88.7 cm³/mol. The van der Waals surface area contributed by atoms with Crippen LogP contribution < -0.4 is 10.6 Å². The molecule has 1 heterocycles. The van der Waals surface area contributed by atoms with Crippen molar-refractivity contribution < 1.29 is 9.90 Å². The molecule has 22 heavy (non-hydrogen) atoms. The summed E-state index contributed by atoms with van der Waals surface area (Å²) in [5.74, 6) is 0.910. The lowest BCUT2D eigenvalue weighted by Gasteiger charge is -2.33. The Balaban J connectivity index is 1.57. The van der Waals surface area contributed by atoms with E-state index in [0.29, 0.717) is 18.6 Å². The predicted octanol–water partition coefficient (Wildman–Crippen LogP) is 1.12. The topological polar surface area (TPSA) is 64.6 Å². The zero-order valence-electron chi connectivity index (χ0n) is 14.2. The normalized spacial score (nSPS) is 29.2. The smallest absolute Gasteiger partial charge is 0.217 e. The number of nitrogens with one attached hydrogen (secondary N) is 2. The summed E-state index contributed by atoms with van der Waals surface area (Å²) >= 11 is 0. The van der Waals surface area contributed by atoms with Gasteiger partial charge in [-0.25, -0.2) is 0 Å². The quantitative estimate of drug-likeness (QED) is 0.688. The Kier molecular flexibility index (Phi) is 7.12. The molecule has 2 aliphatic rings. The number of rotatable bonds is 6. The van der Waals surface area contributed by atoms with Gasteiger partial charge < -0.3 is 20.6 Å². The maximum absolute atomic E-state index is 11.1. The van der Waals surface area contributed by atoms with Crippen LogP contribution in [0.1, 0.15) is 52.4 Å². The summed E-state index contributed by atoms with van der Waals surface area (Å²) in [6, 6.07) is 0.830. The fourth-order valence-corrected chi connectivity index (χ4v) is 3.64. The Bertz CT molecular complexity index is 335. The van der Waals surface area contributed by atoms with Crippen LogP contribution >= 0.6 is 0 Å². The lowest BCUT2D eigenvalue weighted by Crippen LogP contribution is -2.46. The van der Waals surface area contributed by atoms with Crippen molar-refractivity contribution in [3.05, 3.63) is 0 Å². The molecule has 0 radical (unpaired) electrons. The first kappa shape index (κ1) is 17.7. The minimum atomic E-state index is -0.276. The number of hydrogen-bond acceptors (Lipinski definition) is 4. The molecule has 0 bridgehead atoms. The van der Waals surface area contributed by atoms with Gasteiger partial charge in [0.1, 0.15) is 0 Å². The van der Waals surface area contributed by atoms with Crippen molar-refractivity contribution in [3.8, 4) is 0 Å². The molecular weight excluding hydrogens is 278 g/mol. The number of aliphatic hydroxyl groups excluding tert-OH is 1. The summed E-state index contributed by atoms with van der Waals surface area (Å²) < 4.78 is 0. The number of piperidine rings is 1. The first-order valence-corrected chi connectivity index (χ1v) is 8.94. The zero-order valence-corrected chi connectivity index (χ0v) is 14.2. The van der Waals surface area contributed by atoms with Gasteiger partial charge >= 0.3 is 0 Å². The van der Waals surface area contributed by atoms with Crippen LogP contribution in [0.2, 0.25) is 0 Å². The third-order valence-electron chi connectivity index (χ3n) is 5.12. The van der Waals surface area contributed by atoms with Gasteiger partial charge in [-0.1, -0.05) is 6.92 Å². The second kappa shape index (κ2) is 8.85. The Morgan fingerprint density at radius 3 is 2.32 bits per heavy atom. The van der Waals surface area contributed by atoms with Crippen LogP contribution in [-0.2, 0) is 4.79 Å². The van der Waals surface area contributed by atoms with Crippen molar-refractivity contribution in [3.63, 3.8) is 0 Å². The van der Waals surface area contributed by atoms with Gasteiger partial charge in [0.2, 0.25) is 5.91 Å². The van der Waals surface area contributed by atoms with Crippen LogP contribution in [0.3, 0.4) is 0 Å². The van der Waals surface area contributed by atoms with E-state index >= 15 is 0 Å². The van der Waals surface area contributed by atoms with Gasteiger partial charge in [0.15, 0.2) is 0 Å². The van der Waals surface area contributed by atoms with Crippen molar-refractivity contribution in [1.29, 1.82) is 0 Å². The van der Waals surface area contributed by atoms with E-state index in [2.05, 4.69) is 22.5 Å². The second-order valence-electron chi connectivity index (χ2n) is 7.29. The third kappa shape index (κ3) is 6.23. The average molecular weight is 311 g/mol. The first-order chi connectivity index (χ1) is 10.5. The van der Waals surface area contributed by atoms with E-state index in [4.69, 9.17) is 0 Å². The van der Waals surface area contributed by atoms with Gasteiger partial charge in [0.05, 0.1) is 6.10 Å². The van der Waals surface area contributed by atoms with Crippen molar-refractivity contribution in [2.45, 2.75) is 70.6 Å². The molecule has 0 aromatic carbocycles. The fraction of sp³-hybridized carbons (Fsp3) is 0.941. The summed E-state index contributed by atoms with van der Waals surface area (Å²) in [5.41, 5.74) is 0. The molecule has 2 rings (SSSR count).